The van der Waals surface area contributed by atoms with Gasteiger partial charge in [0.2, 0.25) is 11.8 Å². The number of aromatic nitrogens is 2. The van der Waals surface area contributed by atoms with Crippen LogP contribution in [0.1, 0.15) is 17.9 Å². The fraction of sp³-hybridized carbons (Fsp3) is 0.467. The van der Waals surface area contributed by atoms with E-state index in [0.717, 1.165) is 18.7 Å². The van der Waals surface area contributed by atoms with Gasteiger partial charge in [0.25, 0.3) is 0 Å². The predicted molar refractivity (Wildman–Crippen MR) is 77.2 cm³/mol. The smallest absolute Gasteiger partial charge is 0.247 e. The molecule has 1 aliphatic heterocycles. The van der Waals surface area contributed by atoms with Crippen molar-refractivity contribution < 1.29 is 4.42 Å². The topological polar surface area (TPSA) is 54.2 Å². The summed E-state index contributed by atoms with van der Waals surface area (Å²) >= 11 is 0. The lowest BCUT2D eigenvalue weighted by Gasteiger charge is -2.21. The Balaban J connectivity index is 1.70. The summed E-state index contributed by atoms with van der Waals surface area (Å²) in [6, 6.07) is 8.67. The van der Waals surface area contributed by atoms with Crippen molar-refractivity contribution in [2.24, 2.45) is 0 Å². The van der Waals surface area contributed by atoms with E-state index in [1.807, 2.05) is 12.1 Å². The highest BCUT2D eigenvalue weighted by atomic mass is 16.4. The molecule has 0 spiro atoms. The second-order valence-electron chi connectivity index (χ2n) is 5.43. The molecule has 1 aromatic carbocycles. The molecule has 1 unspecified atom stereocenters. The zero-order valence-electron chi connectivity index (χ0n) is 12.0. The van der Waals surface area contributed by atoms with Crippen LogP contribution in [0.15, 0.2) is 28.7 Å². The summed E-state index contributed by atoms with van der Waals surface area (Å²) < 4.78 is 5.77. The first-order valence-corrected chi connectivity index (χ1v) is 7.03. The lowest BCUT2D eigenvalue weighted by Crippen LogP contribution is -2.32. The molecule has 1 N–H and O–H groups in total. The summed E-state index contributed by atoms with van der Waals surface area (Å²) in [5.74, 6) is 1.28. The first-order chi connectivity index (χ1) is 9.72. The molecule has 0 bridgehead atoms. The Hall–Kier alpha value is -1.72. The minimum atomic E-state index is 0.560. The van der Waals surface area contributed by atoms with Gasteiger partial charge in [-0.15, -0.1) is 10.2 Å². The van der Waals surface area contributed by atoms with E-state index in [2.05, 4.69) is 46.5 Å². The number of likely N-dealkylation sites (N-methyl/N-ethyl adjacent to an activating group) is 1. The highest BCUT2D eigenvalue weighted by Gasteiger charge is 2.21. The maximum atomic E-state index is 5.77. The number of nitrogens with one attached hydrogen (secondary N) is 1. The molecule has 2 aromatic rings. The molecule has 5 heteroatoms. The summed E-state index contributed by atoms with van der Waals surface area (Å²) in [6.45, 7) is 4.88. The minimum Gasteiger partial charge on any atom is -0.419 e. The fourth-order valence-corrected chi connectivity index (χ4v) is 2.57. The van der Waals surface area contributed by atoms with Crippen LogP contribution in [0, 0.1) is 6.92 Å². The van der Waals surface area contributed by atoms with Crippen molar-refractivity contribution in [2.45, 2.75) is 25.9 Å². The third kappa shape index (κ3) is 2.89. The summed E-state index contributed by atoms with van der Waals surface area (Å²) in [4.78, 5) is 2.27. The van der Waals surface area contributed by atoms with Crippen LogP contribution in [0.5, 0.6) is 0 Å². The van der Waals surface area contributed by atoms with Gasteiger partial charge in [0.1, 0.15) is 0 Å². The van der Waals surface area contributed by atoms with Gasteiger partial charge in [0.15, 0.2) is 0 Å². The highest BCUT2D eigenvalue weighted by molar-refractivity contribution is 5.53. The molecule has 5 nitrogen and oxygen atoms in total. The van der Waals surface area contributed by atoms with Gasteiger partial charge in [-0.1, -0.05) is 17.7 Å². The molecule has 0 aliphatic carbocycles. The van der Waals surface area contributed by atoms with Gasteiger partial charge in [-0.05, 0) is 39.1 Å². The van der Waals surface area contributed by atoms with Crippen molar-refractivity contribution in [1.29, 1.82) is 0 Å². The Bertz CT molecular complexity index is 575. The highest BCUT2D eigenvalue weighted by Crippen LogP contribution is 2.19. The Morgan fingerprint density at radius 3 is 3.05 bits per heavy atom. The van der Waals surface area contributed by atoms with E-state index >= 15 is 0 Å². The average Bonchev–Trinajstić information content (AvgIpc) is 3.10. The molecular weight excluding hydrogens is 252 g/mol. The molecule has 1 atom stereocenters. The summed E-state index contributed by atoms with van der Waals surface area (Å²) in [5.41, 5.74) is 2.17. The van der Waals surface area contributed by atoms with E-state index in [1.54, 1.807) is 0 Å². The first-order valence-electron chi connectivity index (χ1n) is 7.03. The van der Waals surface area contributed by atoms with Crippen LogP contribution >= 0.6 is 0 Å². The zero-order valence-corrected chi connectivity index (χ0v) is 12.0. The van der Waals surface area contributed by atoms with Crippen molar-refractivity contribution in [3.8, 4) is 11.5 Å². The van der Waals surface area contributed by atoms with Gasteiger partial charge in [-0.2, -0.15) is 0 Å². The number of benzene rings is 1. The standard InChI is InChI=1S/C15H20N4O/c1-11-4-3-5-12(8-11)15-18-17-14(20-15)10-19(2)13-6-7-16-9-13/h3-5,8,13,16H,6-7,9-10H2,1-2H3. The summed E-state index contributed by atoms with van der Waals surface area (Å²) in [7, 11) is 2.11. The molecule has 0 radical (unpaired) electrons. The second-order valence-corrected chi connectivity index (χ2v) is 5.43. The van der Waals surface area contributed by atoms with E-state index < -0.39 is 0 Å². The molecule has 1 saturated heterocycles. The van der Waals surface area contributed by atoms with Gasteiger partial charge >= 0.3 is 0 Å². The third-order valence-corrected chi connectivity index (χ3v) is 3.77. The van der Waals surface area contributed by atoms with Gasteiger partial charge in [0.05, 0.1) is 6.54 Å². The van der Waals surface area contributed by atoms with Crippen molar-refractivity contribution >= 4 is 0 Å². The van der Waals surface area contributed by atoms with Gasteiger partial charge < -0.3 is 9.73 Å². The Morgan fingerprint density at radius 1 is 1.40 bits per heavy atom. The molecule has 3 rings (SSSR count). The quantitative estimate of drug-likeness (QED) is 0.920. The van der Waals surface area contributed by atoms with Gasteiger partial charge in [-0.3, -0.25) is 4.90 Å². The Kier molecular flexibility index (Phi) is 3.80. The first kappa shape index (κ1) is 13.3. The van der Waals surface area contributed by atoms with E-state index in [0.29, 0.717) is 24.4 Å². The molecule has 0 amide bonds. The van der Waals surface area contributed by atoms with Gasteiger partial charge in [-0.25, -0.2) is 0 Å². The van der Waals surface area contributed by atoms with Crippen molar-refractivity contribution in [1.82, 2.24) is 20.4 Å². The minimum absolute atomic E-state index is 0.560. The lowest BCUT2D eigenvalue weighted by molar-refractivity contribution is 0.226. The van der Waals surface area contributed by atoms with E-state index in [-0.39, 0.29) is 0 Å². The Morgan fingerprint density at radius 2 is 2.30 bits per heavy atom. The normalized spacial score (nSPS) is 18.9. The zero-order chi connectivity index (χ0) is 13.9. The van der Waals surface area contributed by atoms with Gasteiger partial charge in [0, 0.05) is 18.2 Å². The average molecular weight is 272 g/mol. The van der Waals surface area contributed by atoms with Crippen LogP contribution in [0.3, 0.4) is 0 Å². The summed E-state index contributed by atoms with van der Waals surface area (Å²) in [6.07, 6.45) is 1.18. The monoisotopic (exact) mass is 272 g/mol. The summed E-state index contributed by atoms with van der Waals surface area (Å²) in [5, 5.41) is 11.7. The third-order valence-electron chi connectivity index (χ3n) is 3.77. The molecule has 2 heterocycles. The fourth-order valence-electron chi connectivity index (χ4n) is 2.57. The van der Waals surface area contributed by atoms with E-state index in [4.69, 9.17) is 4.42 Å². The van der Waals surface area contributed by atoms with Crippen LogP contribution in [-0.4, -0.2) is 41.3 Å². The number of aryl methyl sites for hydroxylation is 1. The second kappa shape index (κ2) is 5.73. The number of rotatable bonds is 4. The van der Waals surface area contributed by atoms with Crippen molar-refractivity contribution in [2.75, 3.05) is 20.1 Å². The lowest BCUT2D eigenvalue weighted by atomic mass is 10.1. The number of hydrogen-bond donors (Lipinski definition) is 1. The van der Waals surface area contributed by atoms with Crippen LogP contribution in [0.4, 0.5) is 0 Å². The SMILES string of the molecule is Cc1cccc(-c2nnc(CN(C)C3CCNC3)o2)c1. The molecular formula is C15H20N4O. The largest absolute Gasteiger partial charge is 0.419 e. The van der Waals surface area contributed by atoms with E-state index in [9.17, 15) is 0 Å². The molecule has 20 heavy (non-hydrogen) atoms. The predicted octanol–water partition coefficient (Wildman–Crippen LogP) is 1.84. The molecule has 1 aliphatic rings. The van der Waals surface area contributed by atoms with Crippen LogP contribution in [0.25, 0.3) is 11.5 Å². The molecule has 0 saturated carbocycles. The van der Waals surface area contributed by atoms with Crippen molar-refractivity contribution in [3.05, 3.63) is 35.7 Å². The van der Waals surface area contributed by atoms with Crippen LogP contribution < -0.4 is 5.32 Å². The molecule has 1 aromatic heterocycles. The number of hydrogen-bond acceptors (Lipinski definition) is 5. The van der Waals surface area contributed by atoms with E-state index in [1.165, 1.54) is 12.0 Å². The molecule has 1 fully saturated rings. The Labute approximate surface area is 119 Å². The molecule has 106 valence electrons. The maximum Gasteiger partial charge on any atom is 0.247 e. The van der Waals surface area contributed by atoms with Crippen LogP contribution in [-0.2, 0) is 6.54 Å². The van der Waals surface area contributed by atoms with Crippen molar-refractivity contribution in [3.63, 3.8) is 0 Å². The number of nitrogens with zero attached hydrogens (tertiary/aromatic N) is 3. The van der Waals surface area contributed by atoms with Crippen LogP contribution in [0.2, 0.25) is 0 Å². The maximum absolute atomic E-state index is 5.77.